The fourth-order valence-corrected chi connectivity index (χ4v) is 6.30. The summed E-state index contributed by atoms with van der Waals surface area (Å²) in [6.07, 6.45) is 8.35. The van der Waals surface area contributed by atoms with Crippen LogP contribution < -0.4 is 0 Å². The van der Waals surface area contributed by atoms with Crippen LogP contribution in [0.15, 0.2) is 0 Å². The number of carboxylic acids is 1. The van der Waals surface area contributed by atoms with Crippen LogP contribution in [0.5, 0.6) is 0 Å². The van der Waals surface area contributed by atoms with Crippen molar-refractivity contribution in [3.05, 3.63) is 0 Å². The Morgan fingerprint density at radius 1 is 1.19 bits per heavy atom. The fraction of sp³-hybridized carbons (Fsp3) is 0.944. The lowest BCUT2D eigenvalue weighted by molar-refractivity contribution is -0.158. The first-order chi connectivity index (χ1) is 9.78. The van der Waals surface area contributed by atoms with Crippen molar-refractivity contribution >= 4 is 5.97 Å². The Kier molecular flexibility index (Phi) is 3.63. The normalized spacial score (nSPS) is 39.8. The lowest BCUT2D eigenvalue weighted by Gasteiger charge is -2.61. The van der Waals surface area contributed by atoms with E-state index in [1.54, 1.807) is 0 Å². The molecule has 0 spiro atoms. The first-order valence-corrected chi connectivity index (χ1v) is 8.78. The molecule has 0 amide bonds. The van der Waals surface area contributed by atoms with Crippen LogP contribution in [-0.4, -0.2) is 34.1 Å². The van der Waals surface area contributed by atoms with Gasteiger partial charge in [-0.15, -0.1) is 0 Å². The predicted molar refractivity (Wildman–Crippen MR) is 84.2 cm³/mol. The van der Waals surface area contributed by atoms with Crippen LogP contribution >= 0.6 is 0 Å². The highest BCUT2D eigenvalue weighted by atomic mass is 16.4. The maximum absolute atomic E-state index is 11.7. The van der Waals surface area contributed by atoms with E-state index in [-0.39, 0.29) is 0 Å². The lowest BCUT2D eigenvalue weighted by atomic mass is 9.47. The molecule has 4 fully saturated rings. The number of hydrogen-bond donors (Lipinski definition) is 1. The van der Waals surface area contributed by atoms with Crippen molar-refractivity contribution in [3.63, 3.8) is 0 Å². The molecule has 21 heavy (non-hydrogen) atoms. The number of rotatable bonds is 5. The molecule has 3 heteroatoms. The van der Waals surface area contributed by atoms with Gasteiger partial charge in [-0.1, -0.05) is 6.92 Å². The molecule has 4 aliphatic rings. The third-order valence-electron chi connectivity index (χ3n) is 7.02. The Labute approximate surface area is 129 Å². The molecule has 4 bridgehead atoms. The molecule has 0 aromatic carbocycles. The highest BCUT2D eigenvalue weighted by molar-refractivity contribution is 5.77. The van der Waals surface area contributed by atoms with Crippen LogP contribution in [0.1, 0.15) is 66.2 Å². The summed E-state index contributed by atoms with van der Waals surface area (Å²) in [5, 5.41) is 9.63. The molecule has 1 unspecified atom stereocenters. The molecule has 0 radical (unpaired) electrons. The van der Waals surface area contributed by atoms with Gasteiger partial charge in [0.15, 0.2) is 0 Å². The number of carboxylic acid groups (broad SMARTS) is 1. The van der Waals surface area contributed by atoms with E-state index < -0.39 is 11.5 Å². The van der Waals surface area contributed by atoms with Gasteiger partial charge in [-0.05, 0) is 89.0 Å². The molecule has 4 rings (SSSR count). The van der Waals surface area contributed by atoms with E-state index in [0.29, 0.717) is 11.5 Å². The number of likely N-dealkylation sites (N-methyl/N-ethyl adjacent to an activating group) is 1. The van der Waals surface area contributed by atoms with E-state index in [1.807, 2.05) is 13.8 Å². The zero-order valence-corrected chi connectivity index (χ0v) is 14.1. The van der Waals surface area contributed by atoms with E-state index in [9.17, 15) is 9.90 Å². The maximum atomic E-state index is 11.7. The van der Waals surface area contributed by atoms with Crippen LogP contribution in [0.2, 0.25) is 0 Å². The summed E-state index contributed by atoms with van der Waals surface area (Å²) in [5.74, 6) is 2.07. The standard InChI is InChI=1S/C18H31NO2/c1-5-19(17(3,4)16(20)21)12(2)18-9-13-6-14(10-18)8-15(7-13)11-18/h12-15H,5-11H2,1-4H3,(H,20,21). The Bertz CT molecular complexity index is 394. The van der Waals surface area contributed by atoms with Crippen molar-refractivity contribution in [1.29, 1.82) is 0 Å². The van der Waals surface area contributed by atoms with Crippen molar-refractivity contribution < 1.29 is 9.90 Å². The smallest absolute Gasteiger partial charge is 0.323 e. The van der Waals surface area contributed by atoms with Crippen molar-refractivity contribution in [2.24, 2.45) is 23.2 Å². The van der Waals surface area contributed by atoms with Crippen molar-refractivity contribution in [2.45, 2.75) is 77.8 Å². The molecule has 0 aliphatic heterocycles. The monoisotopic (exact) mass is 293 g/mol. The van der Waals surface area contributed by atoms with E-state index in [1.165, 1.54) is 38.5 Å². The van der Waals surface area contributed by atoms with E-state index in [0.717, 1.165) is 24.3 Å². The van der Waals surface area contributed by atoms with Gasteiger partial charge in [-0.25, -0.2) is 0 Å². The quantitative estimate of drug-likeness (QED) is 0.838. The minimum Gasteiger partial charge on any atom is -0.480 e. The van der Waals surface area contributed by atoms with E-state index in [4.69, 9.17) is 0 Å². The molecular weight excluding hydrogens is 262 g/mol. The first kappa shape index (κ1) is 15.3. The second-order valence-electron chi connectivity index (χ2n) is 8.61. The first-order valence-electron chi connectivity index (χ1n) is 8.78. The summed E-state index contributed by atoms with van der Waals surface area (Å²) in [6, 6.07) is 0.377. The number of nitrogens with zero attached hydrogens (tertiary/aromatic N) is 1. The van der Waals surface area contributed by atoms with Crippen LogP contribution in [-0.2, 0) is 4.79 Å². The van der Waals surface area contributed by atoms with E-state index in [2.05, 4.69) is 18.7 Å². The maximum Gasteiger partial charge on any atom is 0.323 e. The van der Waals surface area contributed by atoms with Crippen molar-refractivity contribution in [2.75, 3.05) is 6.54 Å². The third kappa shape index (κ3) is 2.32. The second kappa shape index (κ2) is 4.97. The predicted octanol–water partition coefficient (Wildman–Crippen LogP) is 3.78. The van der Waals surface area contributed by atoms with Gasteiger partial charge in [0.25, 0.3) is 0 Å². The average Bonchev–Trinajstić information content (AvgIpc) is 2.37. The summed E-state index contributed by atoms with van der Waals surface area (Å²) in [6.45, 7) is 8.98. The summed E-state index contributed by atoms with van der Waals surface area (Å²) in [7, 11) is 0. The Morgan fingerprint density at radius 3 is 1.95 bits per heavy atom. The zero-order chi connectivity index (χ0) is 15.4. The van der Waals surface area contributed by atoms with Gasteiger partial charge < -0.3 is 5.11 Å². The van der Waals surface area contributed by atoms with Gasteiger partial charge in [-0.2, -0.15) is 0 Å². The highest BCUT2D eigenvalue weighted by Gasteiger charge is 2.55. The number of hydrogen-bond acceptors (Lipinski definition) is 2. The molecule has 1 atom stereocenters. The van der Waals surface area contributed by atoms with Gasteiger partial charge in [0.1, 0.15) is 5.54 Å². The van der Waals surface area contributed by atoms with Crippen molar-refractivity contribution in [1.82, 2.24) is 4.90 Å². The molecule has 4 aliphatic carbocycles. The zero-order valence-electron chi connectivity index (χ0n) is 14.1. The fourth-order valence-electron chi connectivity index (χ4n) is 6.30. The number of carbonyl (C=O) groups is 1. The number of aliphatic carboxylic acids is 1. The molecule has 0 heterocycles. The molecule has 1 N–H and O–H groups in total. The van der Waals surface area contributed by atoms with Crippen LogP contribution in [0.3, 0.4) is 0 Å². The molecule has 4 saturated carbocycles. The summed E-state index contributed by atoms with van der Waals surface area (Å²) in [4.78, 5) is 14.0. The van der Waals surface area contributed by atoms with Crippen LogP contribution in [0.4, 0.5) is 0 Å². The molecule has 3 nitrogen and oxygen atoms in total. The van der Waals surface area contributed by atoms with E-state index >= 15 is 0 Å². The molecule has 0 saturated heterocycles. The summed E-state index contributed by atoms with van der Waals surface area (Å²) < 4.78 is 0. The van der Waals surface area contributed by atoms with Gasteiger partial charge in [0, 0.05) is 6.04 Å². The average molecular weight is 293 g/mol. The van der Waals surface area contributed by atoms with Crippen LogP contribution in [0, 0.1) is 23.2 Å². The van der Waals surface area contributed by atoms with Crippen molar-refractivity contribution in [3.8, 4) is 0 Å². The van der Waals surface area contributed by atoms with Gasteiger partial charge in [-0.3, -0.25) is 9.69 Å². The molecule has 0 aromatic rings. The topological polar surface area (TPSA) is 40.5 Å². The molecule has 120 valence electrons. The van der Waals surface area contributed by atoms with Gasteiger partial charge in [0.2, 0.25) is 0 Å². The minimum atomic E-state index is -0.766. The second-order valence-corrected chi connectivity index (χ2v) is 8.61. The Morgan fingerprint density at radius 2 is 1.62 bits per heavy atom. The Balaban J connectivity index is 1.86. The minimum absolute atomic E-state index is 0.377. The largest absolute Gasteiger partial charge is 0.480 e. The Hall–Kier alpha value is -0.570. The lowest BCUT2D eigenvalue weighted by Crippen LogP contribution is -2.62. The van der Waals surface area contributed by atoms with Gasteiger partial charge in [0.05, 0.1) is 0 Å². The SMILES string of the molecule is CCN(C(C)C12CC3CC(CC(C3)C1)C2)C(C)(C)C(=O)O. The molecule has 0 aromatic heterocycles. The van der Waals surface area contributed by atoms with Crippen LogP contribution in [0.25, 0.3) is 0 Å². The molecular formula is C18H31NO2. The summed E-state index contributed by atoms with van der Waals surface area (Å²) in [5.41, 5.74) is -0.380. The summed E-state index contributed by atoms with van der Waals surface area (Å²) >= 11 is 0. The third-order valence-corrected chi connectivity index (χ3v) is 7.02. The van der Waals surface area contributed by atoms with Gasteiger partial charge >= 0.3 is 5.97 Å². The highest BCUT2D eigenvalue weighted by Crippen LogP contribution is 2.62.